The van der Waals surface area contributed by atoms with Crippen LogP contribution in [-0.2, 0) is 9.59 Å². The first kappa shape index (κ1) is 21.6. The Kier molecular flexibility index (Phi) is 5.62. The highest BCUT2D eigenvalue weighted by atomic mass is 79.9. The molecule has 5 rings (SSSR count). The third-order valence-corrected chi connectivity index (χ3v) is 6.86. The first-order valence-electron chi connectivity index (χ1n) is 10.7. The van der Waals surface area contributed by atoms with Crippen LogP contribution < -0.4 is 24.8 Å². The van der Waals surface area contributed by atoms with Crippen molar-refractivity contribution in [2.45, 2.75) is 32.1 Å². The summed E-state index contributed by atoms with van der Waals surface area (Å²) in [7, 11) is 1.59. The third-order valence-electron chi connectivity index (χ3n) is 6.17. The number of allylic oxidation sites excluding steroid dienone is 3. The van der Waals surface area contributed by atoms with Crippen molar-refractivity contribution in [3.63, 3.8) is 0 Å². The van der Waals surface area contributed by atoms with Crippen molar-refractivity contribution >= 4 is 33.3 Å². The van der Waals surface area contributed by atoms with E-state index in [1.165, 1.54) is 0 Å². The van der Waals surface area contributed by atoms with Gasteiger partial charge in [0.1, 0.15) is 5.75 Å². The summed E-state index contributed by atoms with van der Waals surface area (Å²) in [5.41, 5.74) is 4.19. The highest BCUT2D eigenvalue weighted by Crippen LogP contribution is 2.48. The van der Waals surface area contributed by atoms with Gasteiger partial charge in [-0.25, -0.2) is 0 Å². The zero-order valence-corrected chi connectivity index (χ0v) is 19.9. The molecule has 2 N–H and O–H groups in total. The third kappa shape index (κ3) is 3.88. The minimum atomic E-state index is -0.531. The van der Waals surface area contributed by atoms with Crippen molar-refractivity contribution in [1.82, 2.24) is 5.32 Å². The van der Waals surface area contributed by atoms with Crippen LogP contribution in [0, 0.1) is 0 Å². The molecule has 0 bridgehead atoms. The van der Waals surface area contributed by atoms with Crippen molar-refractivity contribution < 1.29 is 23.8 Å². The van der Waals surface area contributed by atoms with Crippen molar-refractivity contribution in [2.75, 3.05) is 19.2 Å². The molecule has 8 heteroatoms. The number of fused-ring (bicyclic) bond motifs is 1. The van der Waals surface area contributed by atoms with Gasteiger partial charge in [-0.05, 0) is 61.7 Å². The Hall–Kier alpha value is -3.26. The quantitative estimate of drug-likeness (QED) is 0.614. The minimum absolute atomic E-state index is 0.0561. The van der Waals surface area contributed by atoms with Crippen LogP contribution in [-0.4, -0.2) is 25.6 Å². The van der Waals surface area contributed by atoms with Crippen molar-refractivity contribution in [3.05, 3.63) is 69.0 Å². The summed E-state index contributed by atoms with van der Waals surface area (Å²) in [4.78, 5) is 26.7. The number of methoxy groups -OCH3 is 1. The normalized spacial score (nSPS) is 19.2. The van der Waals surface area contributed by atoms with Gasteiger partial charge < -0.3 is 24.8 Å². The second kappa shape index (κ2) is 8.59. The van der Waals surface area contributed by atoms with Gasteiger partial charge in [0.25, 0.3) is 5.91 Å². The fourth-order valence-electron chi connectivity index (χ4n) is 4.62. The van der Waals surface area contributed by atoms with Gasteiger partial charge in [-0.2, -0.15) is 0 Å². The SMILES string of the molecule is COc1ccc(NC(=O)C2=C(C)NC3=C(C(=O)CCC3)[C@@H]2c2cc3c(cc2Br)OCO3)cc1. The Morgan fingerprint density at radius 3 is 2.61 bits per heavy atom. The fourth-order valence-corrected chi connectivity index (χ4v) is 5.17. The van der Waals surface area contributed by atoms with E-state index in [0.717, 1.165) is 34.3 Å². The van der Waals surface area contributed by atoms with Gasteiger partial charge in [0.05, 0.1) is 7.11 Å². The number of hydrogen-bond donors (Lipinski definition) is 2. The molecule has 2 aliphatic heterocycles. The summed E-state index contributed by atoms with van der Waals surface area (Å²) < 4.78 is 17.1. The molecule has 1 amide bonds. The lowest BCUT2D eigenvalue weighted by Crippen LogP contribution is -2.35. The van der Waals surface area contributed by atoms with Crippen molar-refractivity contribution in [3.8, 4) is 17.2 Å². The monoisotopic (exact) mass is 510 g/mol. The number of ether oxygens (including phenoxy) is 3. The lowest BCUT2D eigenvalue weighted by molar-refractivity contribution is -0.116. The average molecular weight is 511 g/mol. The van der Waals surface area contributed by atoms with Crippen LogP contribution in [0.2, 0.25) is 0 Å². The minimum Gasteiger partial charge on any atom is -0.497 e. The Bertz CT molecular complexity index is 1220. The van der Waals surface area contributed by atoms with Crippen LogP contribution in [0.15, 0.2) is 63.4 Å². The summed E-state index contributed by atoms with van der Waals surface area (Å²) in [6, 6.07) is 10.8. The molecule has 0 spiro atoms. The number of anilines is 1. The van der Waals surface area contributed by atoms with Crippen LogP contribution in [0.5, 0.6) is 17.2 Å². The molecule has 0 unspecified atom stereocenters. The van der Waals surface area contributed by atoms with Gasteiger partial charge in [-0.15, -0.1) is 0 Å². The molecule has 7 nitrogen and oxygen atoms in total. The molecular formula is C25H23BrN2O5. The van der Waals surface area contributed by atoms with E-state index in [-0.39, 0.29) is 18.5 Å². The summed E-state index contributed by atoms with van der Waals surface area (Å²) in [6.45, 7) is 2.02. The molecule has 33 heavy (non-hydrogen) atoms. The van der Waals surface area contributed by atoms with Gasteiger partial charge in [-0.1, -0.05) is 15.9 Å². The first-order valence-corrected chi connectivity index (χ1v) is 11.5. The molecule has 0 aromatic heterocycles. The molecule has 3 aliphatic rings. The van der Waals surface area contributed by atoms with Crippen LogP contribution in [0.4, 0.5) is 5.69 Å². The van der Waals surface area contributed by atoms with Gasteiger partial charge in [0.15, 0.2) is 17.3 Å². The van der Waals surface area contributed by atoms with E-state index in [2.05, 4.69) is 26.6 Å². The topological polar surface area (TPSA) is 85.9 Å². The predicted octanol–water partition coefficient (Wildman–Crippen LogP) is 4.79. The largest absolute Gasteiger partial charge is 0.497 e. The van der Waals surface area contributed by atoms with Crippen LogP contribution in [0.1, 0.15) is 37.7 Å². The standard InChI is InChI=1S/C25H23BrN2O5/c1-13-22(25(30)28-14-6-8-15(31-2)9-7-14)23(24-18(27-13)4-3-5-19(24)29)16-10-20-21(11-17(16)26)33-12-32-20/h6-11,23,27H,3-5,12H2,1-2H3,(H,28,30)/t23-/m1/s1. The maximum Gasteiger partial charge on any atom is 0.254 e. The second-order valence-electron chi connectivity index (χ2n) is 8.18. The van der Waals surface area contributed by atoms with Gasteiger partial charge in [0.2, 0.25) is 6.79 Å². The molecule has 0 radical (unpaired) electrons. The van der Waals surface area contributed by atoms with E-state index < -0.39 is 5.92 Å². The number of amides is 1. The summed E-state index contributed by atoms with van der Waals surface area (Å²) in [5.74, 6) is 1.19. The van der Waals surface area contributed by atoms with E-state index in [4.69, 9.17) is 14.2 Å². The fraction of sp³-hybridized carbons (Fsp3) is 0.280. The predicted molar refractivity (Wildman–Crippen MR) is 126 cm³/mol. The Morgan fingerprint density at radius 1 is 1.15 bits per heavy atom. The van der Waals surface area contributed by atoms with E-state index >= 15 is 0 Å². The number of ketones is 1. The smallest absolute Gasteiger partial charge is 0.254 e. The molecule has 0 saturated heterocycles. The molecule has 0 saturated carbocycles. The summed E-state index contributed by atoms with van der Waals surface area (Å²) >= 11 is 3.64. The molecule has 2 aromatic rings. The number of carbonyl (C=O) groups is 2. The van der Waals surface area contributed by atoms with E-state index in [1.54, 1.807) is 31.4 Å². The average Bonchev–Trinajstić information content (AvgIpc) is 3.25. The zero-order chi connectivity index (χ0) is 23.1. The summed E-state index contributed by atoms with van der Waals surface area (Å²) in [6.07, 6.45) is 2.02. The Labute approximate surface area is 199 Å². The second-order valence-corrected chi connectivity index (χ2v) is 9.03. The molecule has 2 aromatic carbocycles. The van der Waals surface area contributed by atoms with Gasteiger partial charge in [0, 0.05) is 45.0 Å². The molecule has 0 fully saturated rings. The lowest BCUT2D eigenvalue weighted by Gasteiger charge is -2.35. The van der Waals surface area contributed by atoms with E-state index in [0.29, 0.717) is 40.5 Å². The number of benzene rings is 2. The highest BCUT2D eigenvalue weighted by Gasteiger charge is 2.40. The maximum absolute atomic E-state index is 13.6. The number of hydrogen-bond acceptors (Lipinski definition) is 6. The molecule has 170 valence electrons. The lowest BCUT2D eigenvalue weighted by atomic mass is 9.75. The number of halogens is 1. The van der Waals surface area contributed by atoms with Crippen LogP contribution >= 0.6 is 15.9 Å². The van der Waals surface area contributed by atoms with Gasteiger partial charge in [-0.3, -0.25) is 9.59 Å². The van der Waals surface area contributed by atoms with E-state index in [9.17, 15) is 9.59 Å². The van der Waals surface area contributed by atoms with Crippen molar-refractivity contribution in [1.29, 1.82) is 0 Å². The van der Waals surface area contributed by atoms with Crippen molar-refractivity contribution in [2.24, 2.45) is 0 Å². The molecule has 1 aliphatic carbocycles. The molecular weight excluding hydrogens is 488 g/mol. The molecule has 1 atom stereocenters. The Balaban J connectivity index is 1.59. The highest BCUT2D eigenvalue weighted by molar-refractivity contribution is 9.10. The first-order chi connectivity index (χ1) is 16.0. The van der Waals surface area contributed by atoms with E-state index in [1.807, 2.05) is 19.1 Å². The van der Waals surface area contributed by atoms with Gasteiger partial charge >= 0.3 is 0 Å². The number of dihydropyridines is 1. The molecule has 2 heterocycles. The maximum atomic E-state index is 13.6. The summed E-state index contributed by atoms with van der Waals surface area (Å²) in [5, 5.41) is 6.32. The van der Waals surface area contributed by atoms with Crippen LogP contribution in [0.3, 0.4) is 0 Å². The Morgan fingerprint density at radius 2 is 1.88 bits per heavy atom. The number of carbonyl (C=O) groups excluding carboxylic acids is 2. The number of nitrogens with one attached hydrogen (secondary N) is 2. The van der Waals surface area contributed by atoms with Crippen LogP contribution in [0.25, 0.3) is 0 Å². The number of Topliss-reactive ketones (excluding diaryl/α,β-unsaturated/α-hetero) is 1. The number of rotatable bonds is 4. The zero-order valence-electron chi connectivity index (χ0n) is 18.3.